The maximum absolute atomic E-state index is 12.7. The number of hydrogen-bond acceptors (Lipinski definition) is 3. The monoisotopic (exact) mass is 366 g/mol. The number of hydrogen-bond donors (Lipinski definition) is 2. The van der Waals surface area contributed by atoms with Crippen LogP contribution in [0.25, 0.3) is 21.8 Å². The third-order valence-corrected chi connectivity index (χ3v) is 4.98. The van der Waals surface area contributed by atoms with Crippen LogP contribution < -0.4 is 10.7 Å². The predicted molar refractivity (Wildman–Crippen MR) is 105 cm³/mol. The minimum absolute atomic E-state index is 0.0679. The number of rotatable bonds is 6. The van der Waals surface area contributed by atoms with Crippen molar-refractivity contribution in [3.05, 3.63) is 58.8 Å². The van der Waals surface area contributed by atoms with E-state index >= 15 is 0 Å². The molecule has 0 aliphatic heterocycles. The molecule has 2 atom stereocenters. The molecule has 3 aromatic rings. The Morgan fingerprint density at radius 2 is 1.56 bits per heavy atom. The Balaban J connectivity index is 2.05. The summed E-state index contributed by atoms with van der Waals surface area (Å²) in [6, 6.07) is 13.3. The Labute approximate surface area is 156 Å². The number of carbonyl (C=O) groups is 2. The van der Waals surface area contributed by atoms with E-state index in [4.69, 9.17) is 0 Å². The van der Waals surface area contributed by atoms with E-state index < -0.39 is 17.9 Å². The third kappa shape index (κ3) is 3.56. The van der Waals surface area contributed by atoms with Crippen LogP contribution in [0, 0.1) is 5.92 Å². The number of carboxylic acids is 1. The molecule has 0 saturated carbocycles. The Bertz CT molecular complexity index is 1010. The molecule has 1 amide bonds. The Kier molecular flexibility index (Phi) is 5.26. The maximum atomic E-state index is 12.7. The lowest BCUT2D eigenvalue weighted by molar-refractivity contribution is -0.143. The highest BCUT2D eigenvalue weighted by atomic mass is 16.4. The lowest BCUT2D eigenvalue weighted by Gasteiger charge is -2.21. The van der Waals surface area contributed by atoms with Gasteiger partial charge in [-0.05, 0) is 30.2 Å². The van der Waals surface area contributed by atoms with Gasteiger partial charge in [-0.25, -0.2) is 4.79 Å². The van der Waals surface area contributed by atoms with Gasteiger partial charge in [-0.15, -0.1) is 0 Å². The van der Waals surface area contributed by atoms with Gasteiger partial charge in [-0.3, -0.25) is 9.59 Å². The van der Waals surface area contributed by atoms with Gasteiger partial charge in [0.25, 0.3) is 0 Å². The molecule has 0 unspecified atom stereocenters. The van der Waals surface area contributed by atoms with Crippen LogP contribution in [0.2, 0.25) is 0 Å². The number of fused-ring (bicyclic) bond motifs is 2. The number of nitrogens with zero attached hydrogens (tertiary/aromatic N) is 1. The van der Waals surface area contributed by atoms with Crippen molar-refractivity contribution in [2.45, 2.75) is 32.9 Å². The van der Waals surface area contributed by atoms with Crippen LogP contribution in [0.4, 0.5) is 0 Å². The molecule has 1 aromatic heterocycles. The number of carbonyl (C=O) groups excluding carboxylic acids is 1. The smallest absolute Gasteiger partial charge is 0.326 e. The average Bonchev–Trinajstić information content (AvgIpc) is 2.68. The zero-order chi connectivity index (χ0) is 19.6. The summed E-state index contributed by atoms with van der Waals surface area (Å²) in [7, 11) is 0. The maximum Gasteiger partial charge on any atom is 0.326 e. The van der Waals surface area contributed by atoms with E-state index in [9.17, 15) is 19.5 Å². The first-order valence-electron chi connectivity index (χ1n) is 8.96. The van der Waals surface area contributed by atoms with Gasteiger partial charge in [-0.1, -0.05) is 44.5 Å². The highest BCUT2D eigenvalue weighted by molar-refractivity contribution is 5.95. The summed E-state index contributed by atoms with van der Waals surface area (Å²) in [6.45, 7) is 3.61. The fraction of sp³-hybridized carbons (Fsp3) is 0.286. The van der Waals surface area contributed by atoms with Crippen molar-refractivity contribution in [2.75, 3.05) is 0 Å². The molecule has 0 aliphatic rings. The Morgan fingerprint density at radius 3 is 2.04 bits per heavy atom. The highest BCUT2D eigenvalue weighted by Crippen LogP contribution is 2.19. The molecule has 0 fully saturated rings. The molecule has 0 spiro atoms. The van der Waals surface area contributed by atoms with E-state index in [1.165, 1.54) is 0 Å². The summed E-state index contributed by atoms with van der Waals surface area (Å²) < 4.78 is 1.76. The van der Waals surface area contributed by atoms with Crippen LogP contribution in [0.3, 0.4) is 0 Å². The predicted octanol–water partition coefficient (Wildman–Crippen LogP) is 2.77. The molecule has 6 nitrogen and oxygen atoms in total. The molecule has 1 heterocycles. The number of pyridine rings is 1. The molecule has 140 valence electrons. The minimum atomic E-state index is -1.05. The van der Waals surface area contributed by atoms with Gasteiger partial charge in [0.1, 0.15) is 12.6 Å². The van der Waals surface area contributed by atoms with Crippen molar-refractivity contribution in [3.63, 3.8) is 0 Å². The number of aromatic nitrogens is 1. The number of nitrogens with one attached hydrogen (secondary N) is 1. The first-order chi connectivity index (χ1) is 12.9. The summed E-state index contributed by atoms with van der Waals surface area (Å²) in [6.07, 6.45) is 0.640. The standard InChI is InChI=1S/C21H22N2O4/c1-3-13(2)19(21(26)27)22-18(24)12-23-16-10-6-4-8-14(16)20(25)15-9-5-7-11-17(15)23/h4-11,13,19H,3,12H2,1-2H3,(H,22,24)(H,26,27)/t13-,19-/m0/s1. The summed E-state index contributed by atoms with van der Waals surface area (Å²) in [5.74, 6) is -1.64. The van der Waals surface area contributed by atoms with Crippen molar-refractivity contribution in [2.24, 2.45) is 5.92 Å². The van der Waals surface area contributed by atoms with E-state index in [0.29, 0.717) is 28.2 Å². The molecule has 27 heavy (non-hydrogen) atoms. The lowest BCUT2D eigenvalue weighted by Crippen LogP contribution is -2.46. The van der Waals surface area contributed by atoms with Gasteiger partial charge < -0.3 is 15.0 Å². The molecule has 0 radical (unpaired) electrons. The first-order valence-corrected chi connectivity index (χ1v) is 8.96. The molecule has 2 aromatic carbocycles. The summed E-state index contributed by atoms with van der Waals surface area (Å²) >= 11 is 0. The van der Waals surface area contributed by atoms with Crippen molar-refractivity contribution < 1.29 is 14.7 Å². The number of benzene rings is 2. The number of carboxylic acid groups (broad SMARTS) is 1. The number of amides is 1. The second kappa shape index (κ2) is 7.61. The van der Waals surface area contributed by atoms with Crippen LogP contribution in [-0.4, -0.2) is 27.6 Å². The Hall–Kier alpha value is -3.15. The SMILES string of the molecule is CC[C@H](C)[C@H](NC(=O)Cn1c2ccccc2c(=O)c2ccccc21)C(=O)O. The highest BCUT2D eigenvalue weighted by Gasteiger charge is 2.25. The molecular weight excluding hydrogens is 344 g/mol. The second-order valence-electron chi connectivity index (χ2n) is 6.72. The van der Waals surface area contributed by atoms with Gasteiger partial charge in [0, 0.05) is 10.8 Å². The van der Waals surface area contributed by atoms with Gasteiger partial charge in [-0.2, -0.15) is 0 Å². The summed E-state index contributed by atoms with van der Waals surface area (Å²) in [4.78, 5) is 36.9. The van der Waals surface area contributed by atoms with Crippen LogP contribution in [-0.2, 0) is 16.1 Å². The molecule has 0 bridgehead atoms. The van der Waals surface area contributed by atoms with E-state index in [1.807, 2.05) is 19.1 Å². The third-order valence-electron chi connectivity index (χ3n) is 4.98. The fourth-order valence-electron chi connectivity index (χ4n) is 3.29. The van der Waals surface area contributed by atoms with Crippen molar-refractivity contribution in [1.29, 1.82) is 0 Å². The van der Waals surface area contributed by atoms with Crippen molar-refractivity contribution in [3.8, 4) is 0 Å². The topological polar surface area (TPSA) is 88.4 Å². The number of aliphatic carboxylic acids is 1. The van der Waals surface area contributed by atoms with Crippen LogP contribution in [0.1, 0.15) is 20.3 Å². The number of para-hydroxylation sites is 2. The second-order valence-corrected chi connectivity index (χ2v) is 6.72. The zero-order valence-electron chi connectivity index (χ0n) is 15.3. The Morgan fingerprint density at radius 1 is 1.04 bits per heavy atom. The van der Waals surface area contributed by atoms with E-state index in [2.05, 4.69) is 5.32 Å². The first kappa shape index (κ1) is 18.6. The van der Waals surface area contributed by atoms with E-state index in [1.54, 1.807) is 47.9 Å². The van der Waals surface area contributed by atoms with Gasteiger partial charge >= 0.3 is 5.97 Å². The quantitative estimate of drug-likeness (QED) is 0.657. The molecule has 0 aliphatic carbocycles. The fourth-order valence-corrected chi connectivity index (χ4v) is 3.29. The van der Waals surface area contributed by atoms with E-state index in [0.717, 1.165) is 0 Å². The van der Waals surface area contributed by atoms with E-state index in [-0.39, 0.29) is 17.9 Å². The molecule has 0 saturated heterocycles. The summed E-state index contributed by atoms with van der Waals surface area (Å²) in [5.41, 5.74) is 1.21. The minimum Gasteiger partial charge on any atom is -0.480 e. The summed E-state index contributed by atoms with van der Waals surface area (Å²) in [5, 5.41) is 13.1. The zero-order valence-corrected chi connectivity index (χ0v) is 15.3. The molecule has 6 heteroatoms. The van der Waals surface area contributed by atoms with Crippen LogP contribution in [0.5, 0.6) is 0 Å². The van der Waals surface area contributed by atoms with Crippen molar-refractivity contribution in [1.82, 2.24) is 9.88 Å². The van der Waals surface area contributed by atoms with Gasteiger partial charge in [0.2, 0.25) is 5.91 Å². The molecule has 3 rings (SSSR count). The lowest BCUT2D eigenvalue weighted by atomic mass is 9.99. The largest absolute Gasteiger partial charge is 0.480 e. The molecular formula is C21H22N2O4. The van der Waals surface area contributed by atoms with Gasteiger partial charge in [0.05, 0.1) is 11.0 Å². The average molecular weight is 366 g/mol. The van der Waals surface area contributed by atoms with Crippen LogP contribution >= 0.6 is 0 Å². The van der Waals surface area contributed by atoms with Crippen molar-refractivity contribution >= 4 is 33.7 Å². The van der Waals surface area contributed by atoms with Crippen LogP contribution in [0.15, 0.2) is 53.3 Å². The van der Waals surface area contributed by atoms with Gasteiger partial charge in [0.15, 0.2) is 5.43 Å². The molecule has 2 N–H and O–H groups in total. The normalized spacial score (nSPS) is 13.4.